The van der Waals surface area contributed by atoms with Gasteiger partial charge in [-0.3, -0.25) is 9.36 Å². The van der Waals surface area contributed by atoms with Gasteiger partial charge >= 0.3 is 0 Å². The average molecular weight is 420 g/mol. The second-order valence-electron chi connectivity index (χ2n) is 7.61. The Balaban J connectivity index is 1.43. The molecule has 1 aliphatic carbocycles. The smallest absolute Gasteiger partial charge is 0.271 e. The average Bonchev–Trinajstić information content (AvgIpc) is 3.37. The Hall–Kier alpha value is -2.39. The van der Waals surface area contributed by atoms with Gasteiger partial charge in [0.2, 0.25) is 0 Å². The molecular weight excluding hydrogens is 396 g/mol. The van der Waals surface area contributed by atoms with Crippen LogP contribution < -0.4 is 10.6 Å². The number of carbonyl (C=O) groups is 1. The topological polar surface area (TPSA) is 71.8 Å². The molecule has 4 rings (SSSR count). The molecule has 0 unspecified atom stereocenters. The molecule has 3 aromatic rings. The number of rotatable bonds is 6. The summed E-state index contributed by atoms with van der Waals surface area (Å²) >= 11 is 1.49. The van der Waals surface area contributed by atoms with Crippen LogP contribution in [0.2, 0.25) is 0 Å². The number of amides is 1. The predicted molar refractivity (Wildman–Crippen MR) is 109 cm³/mol. The maximum atomic E-state index is 13.0. The summed E-state index contributed by atoms with van der Waals surface area (Å²) < 4.78 is 28.7. The lowest BCUT2D eigenvalue weighted by Gasteiger charge is -2.30. The summed E-state index contributed by atoms with van der Waals surface area (Å²) in [5, 5.41) is 8.93. The van der Waals surface area contributed by atoms with E-state index in [1.165, 1.54) is 11.3 Å². The highest BCUT2D eigenvalue weighted by molar-refractivity contribution is 7.17. The molecule has 6 nitrogen and oxygen atoms in total. The van der Waals surface area contributed by atoms with Crippen LogP contribution >= 0.6 is 11.3 Å². The second kappa shape index (κ2) is 8.16. The Morgan fingerprint density at radius 1 is 1.31 bits per heavy atom. The van der Waals surface area contributed by atoms with Crippen molar-refractivity contribution in [3.63, 3.8) is 0 Å². The van der Waals surface area contributed by atoms with Gasteiger partial charge in [-0.25, -0.2) is 18.7 Å². The maximum absolute atomic E-state index is 13.0. The number of halogens is 2. The molecule has 9 heteroatoms. The predicted octanol–water partition coefficient (Wildman–Crippen LogP) is 3.77. The minimum Gasteiger partial charge on any atom is -0.348 e. The van der Waals surface area contributed by atoms with Crippen LogP contribution in [0.4, 0.5) is 8.78 Å². The van der Waals surface area contributed by atoms with Crippen molar-refractivity contribution < 1.29 is 13.6 Å². The standard InChI is InChI=1S/C20H23F2N5OS/c1-20(21,22)11-24-14-2-4-15(5-3-14)25-19(28)17-18-13(6-9-29-18)10-16(26-17)27-8-7-23-12-27/h6-10,12,14-15,24H,2-5,11H2,1H3,(H,25,28)/t14-,15-. The summed E-state index contributed by atoms with van der Waals surface area (Å²) in [5.74, 6) is -2.26. The summed E-state index contributed by atoms with van der Waals surface area (Å²) in [6, 6.07) is 4.00. The van der Waals surface area contributed by atoms with Crippen molar-refractivity contribution in [1.82, 2.24) is 25.2 Å². The first-order valence-corrected chi connectivity index (χ1v) is 10.6. The minimum absolute atomic E-state index is 0.0244. The van der Waals surface area contributed by atoms with Gasteiger partial charge in [0.05, 0.1) is 11.2 Å². The van der Waals surface area contributed by atoms with Gasteiger partial charge in [0.1, 0.15) is 17.8 Å². The molecule has 1 amide bonds. The minimum atomic E-state index is -2.71. The molecule has 0 atom stereocenters. The summed E-state index contributed by atoms with van der Waals surface area (Å²) in [4.78, 5) is 21.6. The van der Waals surface area contributed by atoms with E-state index in [4.69, 9.17) is 0 Å². The van der Waals surface area contributed by atoms with E-state index in [1.54, 1.807) is 23.3 Å². The number of alkyl halides is 2. The summed E-state index contributed by atoms with van der Waals surface area (Å²) in [6.07, 6.45) is 8.14. The monoisotopic (exact) mass is 419 g/mol. The molecule has 154 valence electrons. The van der Waals surface area contributed by atoms with Gasteiger partial charge in [0.25, 0.3) is 11.8 Å². The maximum Gasteiger partial charge on any atom is 0.271 e. The second-order valence-corrected chi connectivity index (χ2v) is 8.53. The molecule has 1 saturated carbocycles. The fourth-order valence-corrected chi connectivity index (χ4v) is 4.53. The highest BCUT2D eigenvalue weighted by Gasteiger charge is 2.27. The van der Waals surface area contributed by atoms with Gasteiger partial charge < -0.3 is 10.6 Å². The van der Waals surface area contributed by atoms with Gasteiger partial charge in [0, 0.05) is 31.4 Å². The summed E-state index contributed by atoms with van der Waals surface area (Å²) in [5.41, 5.74) is 0.409. The van der Waals surface area contributed by atoms with E-state index in [2.05, 4.69) is 20.6 Å². The SMILES string of the molecule is CC(F)(F)CN[C@H]1CC[C@H](NC(=O)c2nc(-n3ccnc3)cc3ccsc23)CC1. The van der Waals surface area contributed by atoms with Crippen LogP contribution in [-0.2, 0) is 0 Å². The van der Waals surface area contributed by atoms with Crippen LogP contribution in [0.1, 0.15) is 43.1 Å². The molecule has 0 aliphatic heterocycles. The largest absolute Gasteiger partial charge is 0.348 e. The first-order chi connectivity index (χ1) is 13.9. The van der Waals surface area contributed by atoms with Crippen LogP contribution in [0.5, 0.6) is 0 Å². The van der Waals surface area contributed by atoms with Crippen molar-refractivity contribution in [2.24, 2.45) is 0 Å². The molecule has 0 spiro atoms. The van der Waals surface area contributed by atoms with Gasteiger partial charge in [-0.05, 0) is 48.6 Å². The zero-order valence-electron chi connectivity index (χ0n) is 16.1. The molecule has 1 aliphatic rings. The third-order valence-electron chi connectivity index (χ3n) is 5.17. The Labute approximate surface area is 171 Å². The van der Waals surface area contributed by atoms with Crippen molar-refractivity contribution in [3.8, 4) is 5.82 Å². The van der Waals surface area contributed by atoms with Crippen molar-refractivity contribution in [2.75, 3.05) is 6.54 Å². The molecular formula is C20H23F2N5OS. The number of carbonyl (C=O) groups excluding carboxylic acids is 1. The lowest BCUT2D eigenvalue weighted by atomic mass is 9.91. The third-order valence-corrected chi connectivity index (χ3v) is 6.11. The van der Waals surface area contributed by atoms with Crippen LogP contribution in [0.15, 0.2) is 36.2 Å². The van der Waals surface area contributed by atoms with E-state index in [1.807, 2.05) is 17.5 Å². The molecule has 0 saturated heterocycles. The fraction of sp³-hybridized carbons (Fsp3) is 0.450. The number of nitrogens with one attached hydrogen (secondary N) is 2. The van der Waals surface area contributed by atoms with Crippen LogP contribution in [0.3, 0.4) is 0 Å². The quantitative estimate of drug-likeness (QED) is 0.638. The lowest BCUT2D eigenvalue weighted by molar-refractivity contribution is 0.0184. The number of fused-ring (bicyclic) bond motifs is 1. The number of hydrogen-bond donors (Lipinski definition) is 2. The van der Waals surface area contributed by atoms with E-state index in [0.717, 1.165) is 42.7 Å². The zero-order valence-corrected chi connectivity index (χ0v) is 16.9. The van der Waals surface area contributed by atoms with E-state index in [0.29, 0.717) is 11.5 Å². The Bertz CT molecular complexity index is 975. The first-order valence-electron chi connectivity index (χ1n) is 9.68. The van der Waals surface area contributed by atoms with Crippen molar-refractivity contribution in [3.05, 3.63) is 41.9 Å². The molecule has 0 bridgehead atoms. The summed E-state index contributed by atoms with van der Waals surface area (Å²) in [7, 11) is 0. The molecule has 0 aromatic carbocycles. The number of nitrogens with zero attached hydrogens (tertiary/aromatic N) is 3. The first kappa shape index (κ1) is 19.9. The Morgan fingerprint density at radius 2 is 2.07 bits per heavy atom. The highest BCUT2D eigenvalue weighted by Crippen LogP contribution is 2.27. The van der Waals surface area contributed by atoms with E-state index in [9.17, 15) is 13.6 Å². The number of aromatic nitrogens is 3. The van der Waals surface area contributed by atoms with Crippen molar-refractivity contribution >= 4 is 27.3 Å². The van der Waals surface area contributed by atoms with E-state index >= 15 is 0 Å². The molecule has 3 aromatic heterocycles. The third kappa shape index (κ3) is 4.79. The molecule has 1 fully saturated rings. The van der Waals surface area contributed by atoms with Crippen molar-refractivity contribution in [2.45, 2.75) is 50.6 Å². The number of imidazole rings is 1. The highest BCUT2D eigenvalue weighted by atomic mass is 32.1. The Morgan fingerprint density at radius 3 is 2.76 bits per heavy atom. The molecule has 0 radical (unpaired) electrons. The molecule has 29 heavy (non-hydrogen) atoms. The van der Waals surface area contributed by atoms with Gasteiger partial charge in [-0.2, -0.15) is 0 Å². The van der Waals surface area contributed by atoms with Crippen LogP contribution in [-0.4, -0.2) is 45.0 Å². The van der Waals surface area contributed by atoms with Gasteiger partial charge in [-0.15, -0.1) is 11.3 Å². The number of hydrogen-bond acceptors (Lipinski definition) is 5. The fourth-order valence-electron chi connectivity index (χ4n) is 3.66. The lowest BCUT2D eigenvalue weighted by Crippen LogP contribution is -2.44. The molecule has 3 heterocycles. The normalized spacial score (nSPS) is 20.1. The van der Waals surface area contributed by atoms with Crippen LogP contribution in [0.25, 0.3) is 15.9 Å². The zero-order chi connectivity index (χ0) is 20.4. The van der Waals surface area contributed by atoms with E-state index in [-0.39, 0.29) is 24.5 Å². The van der Waals surface area contributed by atoms with Crippen LogP contribution in [0, 0.1) is 0 Å². The molecule has 2 N–H and O–H groups in total. The van der Waals surface area contributed by atoms with Gasteiger partial charge in [0.15, 0.2) is 0 Å². The van der Waals surface area contributed by atoms with E-state index < -0.39 is 5.92 Å². The number of pyridine rings is 1. The Kier molecular flexibility index (Phi) is 5.60. The number of thiophene rings is 1. The summed E-state index contributed by atoms with van der Waals surface area (Å²) in [6.45, 7) is 0.609. The van der Waals surface area contributed by atoms with Gasteiger partial charge in [-0.1, -0.05) is 0 Å². The van der Waals surface area contributed by atoms with Crippen molar-refractivity contribution in [1.29, 1.82) is 0 Å².